The molecule has 5 amide bonds. The third kappa shape index (κ3) is 4.77. The van der Waals surface area contributed by atoms with Gasteiger partial charge in [0, 0.05) is 12.2 Å². The molecule has 1 unspecified atom stereocenters. The predicted molar refractivity (Wildman–Crippen MR) is 118 cm³/mol. The fourth-order valence-corrected chi connectivity index (χ4v) is 4.86. The van der Waals surface area contributed by atoms with Crippen LogP contribution < -0.4 is 16.1 Å². The van der Waals surface area contributed by atoms with Gasteiger partial charge in [-0.05, 0) is 63.1 Å². The van der Waals surface area contributed by atoms with Crippen LogP contribution in [0.5, 0.6) is 0 Å². The maximum absolute atomic E-state index is 12.9. The number of carbonyl (C=O) groups excluding carboxylic acids is 4. The number of hydrogen-bond acceptors (Lipinski definition) is 5. The Kier molecular flexibility index (Phi) is 6.45. The number of anilines is 1. The van der Waals surface area contributed by atoms with Crippen LogP contribution in [0.3, 0.4) is 0 Å². The van der Waals surface area contributed by atoms with E-state index < -0.39 is 17.5 Å². The number of hydrazine groups is 1. The fraction of sp³-hybridized carbons (Fsp3) is 0.565. The number of hydrogen-bond donors (Lipinski definition) is 3. The number of carbonyl (C=O) groups is 4. The number of rotatable bonds is 5. The standard InChI is InChI=1S/C23H31N5O4/c1-16-9-11-23(12-10-16)21(31)28(22(32)25-23)26-19(29)15-27-13-5-6-17(14-27)20(30)24-18-7-3-2-4-8-18/h2-4,7-8,16-17H,5-6,9-15H2,1H3,(H,24,30)(H,25,32)(H,26,29). The number of amides is 5. The summed E-state index contributed by atoms with van der Waals surface area (Å²) >= 11 is 0. The second-order valence-electron chi connectivity index (χ2n) is 9.30. The second kappa shape index (κ2) is 9.28. The zero-order valence-corrected chi connectivity index (χ0v) is 18.4. The molecule has 1 atom stereocenters. The van der Waals surface area contributed by atoms with E-state index in [1.807, 2.05) is 35.2 Å². The lowest BCUT2D eigenvalue weighted by Crippen LogP contribution is -2.53. The molecule has 2 saturated heterocycles. The van der Waals surface area contributed by atoms with Crippen molar-refractivity contribution in [1.82, 2.24) is 20.7 Å². The molecular formula is C23H31N5O4. The first-order chi connectivity index (χ1) is 15.4. The van der Waals surface area contributed by atoms with E-state index in [0.29, 0.717) is 31.8 Å². The van der Waals surface area contributed by atoms with Gasteiger partial charge in [-0.1, -0.05) is 25.1 Å². The fourth-order valence-electron chi connectivity index (χ4n) is 4.86. The number of para-hydroxylation sites is 1. The lowest BCUT2D eigenvalue weighted by Gasteiger charge is -2.33. The van der Waals surface area contributed by atoms with Gasteiger partial charge in [-0.25, -0.2) is 4.79 Å². The minimum atomic E-state index is -0.886. The normalized spacial score (nSPS) is 28.5. The zero-order chi connectivity index (χ0) is 22.7. The molecule has 172 valence electrons. The monoisotopic (exact) mass is 441 g/mol. The maximum Gasteiger partial charge on any atom is 0.344 e. The summed E-state index contributed by atoms with van der Waals surface area (Å²) < 4.78 is 0. The lowest BCUT2D eigenvalue weighted by atomic mass is 9.77. The minimum Gasteiger partial charge on any atom is -0.326 e. The number of piperidine rings is 1. The smallest absolute Gasteiger partial charge is 0.326 e. The van der Waals surface area contributed by atoms with Crippen molar-refractivity contribution in [3.63, 3.8) is 0 Å². The summed E-state index contributed by atoms with van der Waals surface area (Å²) in [6.45, 7) is 3.30. The molecule has 2 aliphatic heterocycles. The molecule has 1 spiro atoms. The molecule has 3 fully saturated rings. The SMILES string of the molecule is CC1CCC2(CC1)NC(=O)N(NC(=O)CN1CCCC(C(=O)Nc3ccccc3)C1)C2=O. The number of benzene rings is 1. The lowest BCUT2D eigenvalue weighted by molar-refractivity contribution is -0.140. The Bertz CT molecular complexity index is 882. The van der Waals surface area contributed by atoms with E-state index in [-0.39, 0.29) is 24.3 Å². The topological polar surface area (TPSA) is 111 Å². The first-order valence-corrected chi connectivity index (χ1v) is 11.4. The van der Waals surface area contributed by atoms with E-state index in [4.69, 9.17) is 0 Å². The van der Waals surface area contributed by atoms with Crippen LogP contribution in [0.1, 0.15) is 45.4 Å². The first kappa shape index (κ1) is 22.3. The third-order valence-electron chi connectivity index (χ3n) is 6.81. The number of likely N-dealkylation sites (tertiary alicyclic amines) is 1. The number of nitrogens with one attached hydrogen (secondary N) is 3. The average Bonchev–Trinajstić information content (AvgIpc) is 3.01. The summed E-state index contributed by atoms with van der Waals surface area (Å²) in [5, 5.41) is 6.56. The maximum atomic E-state index is 12.9. The average molecular weight is 442 g/mol. The summed E-state index contributed by atoms with van der Waals surface area (Å²) in [7, 11) is 0. The Hall–Kier alpha value is -2.94. The van der Waals surface area contributed by atoms with Gasteiger partial charge in [-0.2, -0.15) is 5.01 Å². The molecule has 32 heavy (non-hydrogen) atoms. The molecule has 0 radical (unpaired) electrons. The highest BCUT2D eigenvalue weighted by atomic mass is 16.2. The molecular weight excluding hydrogens is 410 g/mol. The second-order valence-corrected chi connectivity index (χ2v) is 9.30. The van der Waals surface area contributed by atoms with Gasteiger partial charge >= 0.3 is 6.03 Å². The van der Waals surface area contributed by atoms with Crippen molar-refractivity contribution in [3.8, 4) is 0 Å². The Morgan fingerprint density at radius 1 is 1.12 bits per heavy atom. The molecule has 0 aromatic heterocycles. The van der Waals surface area contributed by atoms with Crippen LogP contribution in [-0.2, 0) is 14.4 Å². The van der Waals surface area contributed by atoms with Crippen molar-refractivity contribution >= 4 is 29.4 Å². The van der Waals surface area contributed by atoms with Crippen LogP contribution in [0, 0.1) is 11.8 Å². The van der Waals surface area contributed by atoms with Crippen molar-refractivity contribution in [2.24, 2.45) is 11.8 Å². The quantitative estimate of drug-likeness (QED) is 0.604. The zero-order valence-electron chi connectivity index (χ0n) is 18.4. The van der Waals surface area contributed by atoms with Gasteiger partial charge in [-0.3, -0.25) is 24.7 Å². The molecule has 2 heterocycles. The molecule has 3 N–H and O–H groups in total. The van der Waals surface area contributed by atoms with E-state index >= 15 is 0 Å². The Morgan fingerprint density at radius 2 is 1.84 bits per heavy atom. The highest BCUT2D eigenvalue weighted by molar-refractivity contribution is 6.08. The highest BCUT2D eigenvalue weighted by Crippen LogP contribution is 2.35. The largest absolute Gasteiger partial charge is 0.344 e. The van der Waals surface area contributed by atoms with Crippen molar-refractivity contribution in [2.75, 3.05) is 25.0 Å². The number of nitrogens with zero attached hydrogens (tertiary/aromatic N) is 2. The van der Waals surface area contributed by atoms with Gasteiger partial charge in [0.05, 0.1) is 12.5 Å². The van der Waals surface area contributed by atoms with Crippen LogP contribution in [0.25, 0.3) is 0 Å². The van der Waals surface area contributed by atoms with Gasteiger partial charge in [0.15, 0.2) is 0 Å². The van der Waals surface area contributed by atoms with Gasteiger partial charge in [-0.15, -0.1) is 0 Å². The molecule has 9 nitrogen and oxygen atoms in total. The van der Waals surface area contributed by atoms with Gasteiger partial charge in [0.25, 0.3) is 11.8 Å². The molecule has 1 aliphatic carbocycles. The van der Waals surface area contributed by atoms with Gasteiger partial charge in [0.2, 0.25) is 5.91 Å². The van der Waals surface area contributed by atoms with Crippen molar-refractivity contribution in [1.29, 1.82) is 0 Å². The molecule has 9 heteroatoms. The van der Waals surface area contributed by atoms with Crippen LogP contribution >= 0.6 is 0 Å². The molecule has 0 bridgehead atoms. The highest BCUT2D eigenvalue weighted by Gasteiger charge is 2.52. The van der Waals surface area contributed by atoms with Crippen molar-refractivity contribution in [2.45, 2.75) is 51.0 Å². The summed E-state index contributed by atoms with van der Waals surface area (Å²) in [5.74, 6) is -0.565. The summed E-state index contributed by atoms with van der Waals surface area (Å²) in [5.41, 5.74) is 2.34. The van der Waals surface area contributed by atoms with Crippen LogP contribution in [-0.4, -0.2) is 58.8 Å². The molecule has 3 aliphatic rings. The van der Waals surface area contributed by atoms with Crippen molar-refractivity contribution < 1.29 is 19.2 Å². The minimum absolute atomic E-state index is 0.0240. The third-order valence-corrected chi connectivity index (χ3v) is 6.81. The molecule has 4 rings (SSSR count). The van der Waals surface area contributed by atoms with Gasteiger partial charge < -0.3 is 10.6 Å². The van der Waals surface area contributed by atoms with E-state index in [9.17, 15) is 19.2 Å². The van der Waals surface area contributed by atoms with Crippen LogP contribution in [0.4, 0.5) is 10.5 Å². The van der Waals surface area contributed by atoms with E-state index in [1.54, 1.807) is 0 Å². The van der Waals surface area contributed by atoms with Crippen LogP contribution in [0.2, 0.25) is 0 Å². The summed E-state index contributed by atoms with van der Waals surface area (Å²) in [6.07, 6.45) is 4.47. The Morgan fingerprint density at radius 3 is 2.56 bits per heavy atom. The van der Waals surface area contributed by atoms with E-state index in [1.165, 1.54) is 0 Å². The number of urea groups is 1. The Labute approximate surface area is 187 Å². The number of imide groups is 1. The van der Waals surface area contributed by atoms with Gasteiger partial charge in [0.1, 0.15) is 5.54 Å². The first-order valence-electron chi connectivity index (χ1n) is 11.4. The molecule has 1 aromatic carbocycles. The molecule has 1 aromatic rings. The van der Waals surface area contributed by atoms with E-state index in [2.05, 4.69) is 23.0 Å². The van der Waals surface area contributed by atoms with Crippen LogP contribution in [0.15, 0.2) is 30.3 Å². The van der Waals surface area contributed by atoms with Crippen molar-refractivity contribution in [3.05, 3.63) is 30.3 Å². The summed E-state index contributed by atoms with van der Waals surface area (Å²) in [6, 6.07) is 8.71. The Balaban J connectivity index is 1.29. The predicted octanol–water partition coefficient (Wildman–Crippen LogP) is 1.87. The van der Waals surface area contributed by atoms with E-state index in [0.717, 1.165) is 36.4 Å². The summed E-state index contributed by atoms with van der Waals surface area (Å²) in [4.78, 5) is 52.4. The molecule has 1 saturated carbocycles.